The maximum atomic E-state index is 13.7. The molecule has 35 heavy (non-hydrogen) atoms. The van der Waals surface area contributed by atoms with E-state index >= 15 is 0 Å². The summed E-state index contributed by atoms with van der Waals surface area (Å²) in [5, 5.41) is 3.53. The van der Waals surface area contributed by atoms with Crippen molar-refractivity contribution >= 4 is 17.6 Å². The van der Waals surface area contributed by atoms with Crippen molar-refractivity contribution in [2.75, 3.05) is 12.4 Å². The fraction of sp³-hybridized carbons (Fsp3) is 0.0909. The zero-order valence-corrected chi connectivity index (χ0v) is 17.3. The van der Waals surface area contributed by atoms with E-state index in [0.717, 1.165) is 12.1 Å². The molecule has 3 aromatic rings. The van der Waals surface area contributed by atoms with Crippen LogP contribution in [0.15, 0.2) is 42.5 Å². The minimum atomic E-state index is -4.53. The van der Waals surface area contributed by atoms with Gasteiger partial charge in [-0.15, -0.1) is 0 Å². The minimum Gasteiger partial charge on any atom is -0.496 e. The van der Waals surface area contributed by atoms with Gasteiger partial charge in [-0.3, -0.25) is 10.1 Å². The fourth-order valence-corrected chi connectivity index (χ4v) is 2.98. The van der Waals surface area contributed by atoms with Gasteiger partial charge in [0.15, 0.2) is 23.3 Å². The van der Waals surface area contributed by atoms with Gasteiger partial charge in [-0.1, -0.05) is 12.1 Å². The molecule has 0 bridgehead atoms. The second-order valence-corrected chi connectivity index (χ2v) is 6.84. The molecule has 184 valence electrons. The molecule has 0 aliphatic carbocycles. The Bertz CT molecular complexity index is 1280. The number of nitrogens with one attached hydrogen (secondary N) is 2. The van der Waals surface area contributed by atoms with E-state index in [2.05, 4.69) is 5.32 Å². The standard InChI is InChI=1S/C22H12F8N2O3/c1-35-13-8-11(6-7-12(13)9-2-4-10(5-3-9)22(28,29)30)31-21(34)32-20(33)14-15(23)17(25)19(27)18(26)16(14)24/h2-8H,1H3,(H2,31,32,33,34). The number of rotatable bonds is 4. The Hall–Kier alpha value is -4.16. The topological polar surface area (TPSA) is 67.4 Å². The zero-order valence-electron chi connectivity index (χ0n) is 17.3. The number of ether oxygens (including phenoxy) is 1. The highest BCUT2D eigenvalue weighted by molar-refractivity contribution is 6.08. The largest absolute Gasteiger partial charge is 0.496 e. The average molecular weight is 504 g/mol. The summed E-state index contributed by atoms with van der Waals surface area (Å²) < 4.78 is 111. The summed E-state index contributed by atoms with van der Waals surface area (Å²) in [5.41, 5.74) is -2.09. The SMILES string of the molecule is COc1cc(NC(=O)NC(=O)c2c(F)c(F)c(F)c(F)c2F)ccc1-c1ccc(C(F)(F)F)cc1. The molecule has 3 amide bonds. The molecule has 0 aliphatic rings. The Morgan fingerprint density at radius 3 is 1.86 bits per heavy atom. The fourth-order valence-electron chi connectivity index (χ4n) is 2.98. The lowest BCUT2D eigenvalue weighted by Crippen LogP contribution is -2.36. The highest BCUT2D eigenvalue weighted by Crippen LogP contribution is 2.35. The van der Waals surface area contributed by atoms with Gasteiger partial charge in [0.05, 0.1) is 12.7 Å². The molecule has 3 aromatic carbocycles. The number of urea groups is 1. The van der Waals surface area contributed by atoms with Crippen molar-refractivity contribution in [2.45, 2.75) is 6.18 Å². The maximum Gasteiger partial charge on any atom is 0.416 e. The van der Waals surface area contributed by atoms with E-state index in [1.807, 2.05) is 0 Å². The van der Waals surface area contributed by atoms with E-state index in [1.165, 1.54) is 42.8 Å². The molecule has 0 saturated carbocycles. The number of halogens is 8. The number of hydrogen-bond donors (Lipinski definition) is 2. The predicted molar refractivity (Wildman–Crippen MR) is 106 cm³/mol. The highest BCUT2D eigenvalue weighted by Gasteiger charge is 2.31. The molecule has 5 nitrogen and oxygen atoms in total. The molecule has 0 aromatic heterocycles. The Morgan fingerprint density at radius 1 is 0.800 bits per heavy atom. The third-order valence-corrected chi connectivity index (χ3v) is 4.65. The number of amides is 3. The third kappa shape index (κ3) is 5.18. The first-order valence-electron chi connectivity index (χ1n) is 9.34. The lowest BCUT2D eigenvalue weighted by atomic mass is 10.0. The molecular formula is C22H12F8N2O3. The van der Waals surface area contributed by atoms with E-state index in [4.69, 9.17) is 4.74 Å². The number of carbonyl (C=O) groups excluding carboxylic acids is 2. The molecule has 0 fully saturated rings. The lowest BCUT2D eigenvalue weighted by molar-refractivity contribution is -0.137. The van der Waals surface area contributed by atoms with Gasteiger partial charge in [-0.25, -0.2) is 26.7 Å². The van der Waals surface area contributed by atoms with Crippen LogP contribution in [-0.4, -0.2) is 19.0 Å². The van der Waals surface area contributed by atoms with E-state index in [9.17, 15) is 44.7 Å². The second-order valence-electron chi connectivity index (χ2n) is 6.84. The van der Waals surface area contributed by atoms with Gasteiger partial charge in [0.2, 0.25) is 5.82 Å². The Balaban J connectivity index is 1.79. The van der Waals surface area contributed by atoms with E-state index in [1.54, 1.807) is 0 Å². The molecule has 0 unspecified atom stereocenters. The van der Waals surface area contributed by atoms with Gasteiger partial charge >= 0.3 is 12.2 Å². The molecule has 3 rings (SSSR count). The van der Waals surface area contributed by atoms with Gasteiger partial charge in [0.25, 0.3) is 5.91 Å². The van der Waals surface area contributed by atoms with Crippen LogP contribution in [0.1, 0.15) is 15.9 Å². The summed E-state index contributed by atoms with van der Waals surface area (Å²) in [6.45, 7) is 0. The summed E-state index contributed by atoms with van der Waals surface area (Å²) in [6, 6.07) is 6.57. The van der Waals surface area contributed by atoms with Crippen LogP contribution in [0.3, 0.4) is 0 Å². The quantitative estimate of drug-likeness (QED) is 0.259. The molecule has 0 radical (unpaired) electrons. The second kappa shape index (κ2) is 9.60. The monoisotopic (exact) mass is 504 g/mol. The van der Waals surface area contributed by atoms with Crippen LogP contribution in [-0.2, 0) is 6.18 Å². The summed E-state index contributed by atoms with van der Waals surface area (Å²) in [4.78, 5) is 24.0. The number of carbonyl (C=O) groups is 2. The molecule has 0 spiro atoms. The number of benzene rings is 3. The third-order valence-electron chi connectivity index (χ3n) is 4.65. The van der Waals surface area contributed by atoms with Gasteiger partial charge in [-0.2, -0.15) is 13.2 Å². The van der Waals surface area contributed by atoms with Gasteiger partial charge in [-0.05, 0) is 29.8 Å². The van der Waals surface area contributed by atoms with Crippen molar-refractivity contribution in [3.05, 3.63) is 82.7 Å². The highest BCUT2D eigenvalue weighted by atomic mass is 19.4. The lowest BCUT2D eigenvalue weighted by Gasteiger charge is -2.13. The van der Waals surface area contributed by atoms with Crippen molar-refractivity contribution in [3.8, 4) is 16.9 Å². The summed E-state index contributed by atoms with van der Waals surface area (Å²) in [6.07, 6.45) is -4.53. The van der Waals surface area contributed by atoms with Crippen LogP contribution in [0, 0.1) is 29.1 Å². The van der Waals surface area contributed by atoms with Crippen molar-refractivity contribution in [3.63, 3.8) is 0 Å². The van der Waals surface area contributed by atoms with Crippen LogP contribution in [0.5, 0.6) is 5.75 Å². The van der Waals surface area contributed by atoms with Crippen LogP contribution in [0.25, 0.3) is 11.1 Å². The van der Waals surface area contributed by atoms with Crippen molar-refractivity contribution < 1.29 is 49.4 Å². The molecule has 0 atom stereocenters. The van der Waals surface area contributed by atoms with E-state index < -0.39 is 58.3 Å². The van der Waals surface area contributed by atoms with E-state index in [-0.39, 0.29) is 11.4 Å². The van der Waals surface area contributed by atoms with Gasteiger partial charge in [0.1, 0.15) is 11.3 Å². The predicted octanol–water partition coefficient (Wildman–Crippen LogP) is 6.04. The first-order valence-corrected chi connectivity index (χ1v) is 9.34. The van der Waals surface area contributed by atoms with Crippen LogP contribution in [0.4, 0.5) is 45.6 Å². The maximum absolute atomic E-state index is 13.7. The zero-order chi connectivity index (χ0) is 26.1. The smallest absolute Gasteiger partial charge is 0.416 e. The van der Waals surface area contributed by atoms with Crippen LogP contribution < -0.4 is 15.4 Å². The number of imide groups is 1. The van der Waals surface area contributed by atoms with Gasteiger partial charge in [0, 0.05) is 17.3 Å². The summed E-state index contributed by atoms with van der Waals surface area (Å²) in [5.74, 6) is -13.8. The molecule has 2 N–H and O–H groups in total. The molecular weight excluding hydrogens is 492 g/mol. The number of alkyl halides is 3. The average Bonchev–Trinajstić information content (AvgIpc) is 2.81. The summed E-state index contributed by atoms with van der Waals surface area (Å²) in [7, 11) is 1.24. The Kier molecular flexibility index (Phi) is 6.99. The number of methoxy groups -OCH3 is 1. The summed E-state index contributed by atoms with van der Waals surface area (Å²) >= 11 is 0. The number of hydrogen-bond acceptors (Lipinski definition) is 3. The minimum absolute atomic E-state index is 0.0415. The van der Waals surface area contributed by atoms with Crippen molar-refractivity contribution in [2.24, 2.45) is 0 Å². The Morgan fingerprint density at radius 2 is 1.34 bits per heavy atom. The van der Waals surface area contributed by atoms with Crippen LogP contribution in [0.2, 0.25) is 0 Å². The number of anilines is 1. The normalized spacial score (nSPS) is 11.2. The van der Waals surface area contributed by atoms with Gasteiger partial charge < -0.3 is 10.1 Å². The first-order chi connectivity index (χ1) is 16.3. The van der Waals surface area contributed by atoms with Crippen molar-refractivity contribution in [1.82, 2.24) is 5.32 Å². The molecule has 13 heteroatoms. The molecule has 0 aliphatic heterocycles. The van der Waals surface area contributed by atoms with Crippen molar-refractivity contribution in [1.29, 1.82) is 0 Å². The molecule has 0 heterocycles. The van der Waals surface area contributed by atoms with Crippen LogP contribution >= 0.6 is 0 Å². The Labute approximate surface area is 191 Å². The van der Waals surface area contributed by atoms with E-state index in [0.29, 0.717) is 11.1 Å². The molecule has 0 saturated heterocycles. The first kappa shape index (κ1) is 25.5.